The normalized spacial score (nSPS) is 14.1. The van der Waals surface area contributed by atoms with Crippen molar-refractivity contribution in [2.45, 2.75) is 17.7 Å². The van der Waals surface area contributed by atoms with Crippen LogP contribution in [0.15, 0.2) is 65.7 Å². The van der Waals surface area contributed by atoms with Crippen LogP contribution in [0.25, 0.3) is 16.7 Å². The molecule has 39 heavy (non-hydrogen) atoms. The van der Waals surface area contributed by atoms with Crippen LogP contribution in [0.5, 0.6) is 0 Å². The highest BCUT2D eigenvalue weighted by Gasteiger charge is 2.28. The van der Waals surface area contributed by atoms with E-state index in [1.165, 1.54) is 31.0 Å². The number of hydrogen-bond donors (Lipinski definition) is 2. The summed E-state index contributed by atoms with van der Waals surface area (Å²) in [5.41, 5.74) is 0.934. The number of nitrogens with zero attached hydrogens (tertiary/aromatic N) is 5. The van der Waals surface area contributed by atoms with Gasteiger partial charge in [0.2, 0.25) is 0 Å². The van der Waals surface area contributed by atoms with E-state index in [4.69, 9.17) is 23.2 Å². The highest BCUT2D eigenvalue weighted by molar-refractivity contribution is 7.92. The Morgan fingerprint density at radius 3 is 2.41 bits per heavy atom. The zero-order valence-corrected chi connectivity index (χ0v) is 23.1. The molecule has 0 radical (unpaired) electrons. The molecule has 0 atom stereocenters. The Morgan fingerprint density at radius 2 is 1.74 bits per heavy atom. The Balaban J connectivity index is 1.39. The van der Waals surface area contributed by atoms with E-state index in [-0.39, 0.29) is 20.6 Å². The minimum absolute atomic E-state index is 0.123. The zero-order chi connectivity index (χ0) is 27.6. The number of anilines is 2. The number of rotatable bonds is 10. The van der Waals surface area contributed by atoms with Gasteiger partial charge in [-0.3, -0.25) is 13.7 Å². The summed E-state index contributed by atoms with van der Waals surface area (Å²) >= 11 is 12.0. The molecule has 0 unspecified atom stereocenters. The number of halogens is 2. The molecule has 2 N–H and O–H groups in total. The molecule has 4 aromatic rings. The number of aromatic nitrogens is 3. The molecule has 204 valence electrons. The quantitative estimate of drug-likeness (QED) is 0.277. The molecule has 1 aliphatic heterocycles. The fourth-order valence-corrected chi connectivity index (χ4v) is 6.76. The summed E-state index contributed by atoms with van der Waals surface area (Å²) in [4.78, 5) is 13.8. The van der Waals surface area contributed by atoms with E-state index >= 15 is 0 Å². The maximum Gasteiger partial charge on any atom is 0.324 e. The second kappa shape index (κ2) is 11.4. The molecule has 13 heteroatoms. The summed E-state index contributed by atoms with van der Waals surface area (Å²) < 4.78 is 29.5. The molecule has 0 aliphatic carbocycles. The van der Waals surface area contributed by atoms with Crippen molar-refractivity contribution in [1.29, 1.82) is 0 Å². The van der Waals surface area contributed by atoms with Gasteiger partial charge >= 0.3 is 5.97 Å². The summed E-state index contributed by atoms with van der Waals surface area (Å²) in [6.45, 7) is 3.26. The Kier molecular flexibility index (Phi) is 7.94. The van der Waals surface area contributed by atoms with Gasteiger partial charge in [0.15, 0.2) is 5.82 Å². The highest BCUT2D eigenvalue weighted by Crippen LogP contribution is 2.31. The van der Waals surface area contributed by atoms with Gasteiger partial charge in [-0.1, -0.05) is 23.2 Å². The lowest BCUT2D eigenvalue weighted by molar-refractivity contribution is -0.135. The molecule has 2 aromatic heterocycles. The summed E-state index contributed by atoms with van der Waals surface area (Å²) in [6.07, 6.45) is 4.31. The number of aliphatic carboxylic acids is 1. The maximum absolute atomic E-state index is 13.4. The number of carboxylic acids is 1. The Morgan fingerprint density at radius 1 is 1.00 bits per heavy atom. The molecule has 1 aliphatic rings. The summed E-state index contributed by atoms with van der Waals surface area (Å²) in [7, 11) is -4.28. The lowest BCUT2D eigenvalue weighted by Crippen LogP contribution is -2.35. The summed E-state index contributed by atoms with van der Waals surface area (Å²) in [6, 6.07) is 14.2. The van der Waals surface area contributed by atoms with Gasteiger partial charge in [-0.2, -0.15) is 0 Å². The number of carboxylic acid groups (broad SMARTS) is 1. The molecular weight excluding hydrogens is 563 g/mol. The third-order valence-corrected chi connectivity index (χ3v) is 8.68. The Hall–Kier alpha value is -3.38. The first-order chi connectivity index (χ1) is 18.7. The number of likely N-dealkylation sites (tertiary alicyclic amines) is 1. The summed E-state index contributed by atoms with van der Waals surface area (Å²) in [5.74, 6) is -0.0347. The van der Waals surface area contributed by atoms with Crippen molar-refractivity contribution in [2.75, 3.05) is 42.3 Å². The van der Waals surface area contributed by atoms with E-state index in [0.29, 0.717) is 17.0 Å². The van der Waals surface area contributed by atoms with Gasteiger partial charge in [0.05, 0.1) is 16.1 Å². The summed E-state index contributed by atoms with van der Waals surface area (Å²) in [5, 5.41) is 22.3. The van der Waals surface area contributed by atoms with Crippen LogP contribution in [0.4, 0.5) is 11.5 Å². The lowest BCUT2D eigenvalue weighted by Gasteiger charge is -2.23. The van der Waals surface area contributed by atoms with Gasteiger partial charge in [-0.05, 0) is 80.5 Å². The molecule has 1 fully saturated rings. The lowest BCUT2D eigenvalue weighted by atomic mass is 10.2. The number of hydrogen-bond acceptors (Lipinski definition) is 7. The van der Waals surface area contributed by atoms with Gasteiger partial charge < -0.3 is 15.3 Å². The number of carbonyl (C=O) groups is 1. The average molecular weight is 590 g/mol. The van der Waals surface area contributed by atoms with Crippen LogP contribution in [0.3, 0.4) is 0 Å². The minimum atomic E-state index is -4.28. The zero-order valence-electron chi connectivity index (χ0n) is 20.8. The Labute approximate surface area is 235 Å². The van der Waals surface area contributed by atoms with Gasteiger partial charge in [-0.25, -0.2) is 8.42 Å². The number of sulfonamides is 1. The molecule has 5 rings (SSSR count). The highest BCUT2D eigenvalue weighted by atomic mass is 35.5. The van der Waals surface area contributed by atoms with Crippen LogP contribution >= 0.6 is 23.2 Å². The third-order valence-electron chi connectivity index (χ3n) is 6.49. The maximum atomic E-state index is 13.4. The van der Waals surface area contributed by atoms with Crippen molar-refractivity contribution in [3.8, 4) is 5.82 Å². The van der Waals surface area contributed by atoms with Crippen molar-refractivity contribution >= 4 is 61.6 Å². The van der Waals surface area contributed by atoms with Crippen LogP contribution in [0, 0.1) is 0 Å². The van der Waals surface area contributed by atoms with Crippen LogP contribution in [-0.2, 0) is 14.8 Å². The van der Waals surface area contributed by atoms with Gasteiger partial charge in [0, 0.05) is 34.7 Å². The van der Waals surface area contributed by atoms with E-state index in [0.717, 1.165) is 36.0 Å². The van der Waals surface area contributed by atoms with E-state index in [2.05, 4.69) is 20.4 Å². The van der Waals surface area contributed by atoms with Gasteiger partial charge in [0.25, 0.3) is 10.0 Å². The molecule has 10 nitrogen and oxygen atoms in total. The molecule has 2 aromatic carbocycles. The van der Waals surface area contributed by atoms with Crippen molar-refractivity contribution in [2.24, 2.45) is 0 Å². The molecule has 0 saturated carbocycles. The second-order valence-electron chi connectivity index (χ2n) is 9.19. The smallest absolute Gasteiger partial charge is 0.324 e. The fraction of sp³-hybridized carbons (Fsp3) is 0.269. The Bertz CT molecular complexity index is 1580. The SMILES string of the molecule is O=C(O)CN(c1ccc2c(ccn2-c2ccc(NCCN3CCCC3)nn2)c1)S(=O)(=O)c1cc(Cl)cc(Cl)c1. The standard InChI is InChI=1S/C26H26Cl2N6O4S/c27-19-14-20(28)16-22(15-19)39(37,38)34(17-26(35)36)21-3-4-23-18(13-21)7-11-33(23)25-6-5-24(30-31-25)29-8-12-32-9-1-2-10-32/h3-7,11,13-16H,1-2,8-10,12,17H2,(H,29,30)(H,35,36). The largest absolute Gasteiger partial charge is 0.480 e. The topological polar surface area (TPSA) is 121 Å². The van der Waals surface area contributed by atoms with Crippen LogP contribution in [0.2, 0.25) is 10.0 Å². The minimum Gasteiger partial charge on any atom is -0.480 e. The van der Waals surface area contributed by atoms with Crippen molar-refractivity contribution in [1.82, 2.24) is 19.7 Å². The van der Waals surface area contributed by atoms with Crippen molar-refractivity contribution in [3.63, 3.8) is 0 Å². The third kappa shape index (κ3) is 6.11. The predicted molar refractivity (Wildman–Crippen MR) is 152 cm³/mol. The average Bonchev–Trinajstić information content (AvgIpc) is 3.57. The second-order valence-corrected chi connectivity index (χ2v) is 11.9. The molecule has 0 spiro atoms. The van der Waals surface area contributed by atoms with E-state index in [1.807, 2.05) is 16.7 Å². The van der Waals surface area contributed by atoms with E-state index in [9.17, 15) is 18.3 Å². The van der Waals surface area contributed by atoms with Crippen LogP contribution in [-0.4, -0.2) is 71.9 Å². The fourth-order valence-electron chi connectivity index (χ4n) is 4.62. The molecule has 0 amide bonds. The monoisotopic (exact) mass is 588 g/mol. The van der Waals surface area contributed by atoms with E-state index in [1.54, 1.807) is 30.5 Å². The van der Waals surface area contributed by atoms with Crippen molar-refractivity contribution < 1.29 is 18.3 Å². The first-order valence-corrected chi connectivity index (χ1v) is 14.5. The molecule has 0 bridgehead atoms. The van der Waals surface area contributed by atoms with Crippen molar-refractivity contribution in [3.05, 3.63) is 70.8 Å². The van der Waals surface area contributed by atoms with Gasteiger partial charge in [-0.15, -0.1) is 10.2 Å². The van der Waals surface area contributed by atoms with Crippen LogP contribution in [0.1, 0.15) is 12.8 Å². The number of benzene rings is 2. The molecular formula is C26H26Cl2N6O4S. The van der Waals surface area contributed by atoms with Gasteiger partial charge in [0.1, 0.15) is 12.4 Å². The number of nitrogens with one attached hydrogen (secondary N) is 1. The van der Waals surface area contributed by atoms with Crippen LogP contribution < -0.4 is 9.62 Å². The first-order valence-electron chi connectivity index (χ1n) is 12.3. The van der Waals surface area contributed by atoms with E-state index < -0.39 is 22.5 Å². The predicted octanol–water partition coefficient (Wildman–Crippen LogP) is 4.51. The molecule has 3 heterocycles. The first kappa shape index (κ1) is 27.2. The number of fused-ring (bicyclic) bond motifs is 1. The molecule has 1 saturated heterocycles.